The molecule has 23 heavy (non-hydrogen) atoms. The summed E-state index contributed by atoms with van der Waals surface area (Å²) in [6.07, 6.45) is 2.48. The van der Waals surface area contributed by atoms with Gasteiger partial charge in [0.15, 0.2) is 5.72 Å². The zero-order valence-corrected chi connectivity index (χ0v) is 13.6. The largest absolute Gasteiger partial charge is 0.349 e. The van der Waals surface area contributed by atoms with E-state index in [0.717, 1.165) is 16.6 Å². The van der Waals surface area contributed by atoms with Crippen LogP contribution in [0.25, 0.3) is 11.0 Å². The minimum Gasteiger partial charge on any atom is -0.349 e. The number of aromatic nitrogens is 3. The molecular weight excluding hydrogens is 286 g/mol. The summed E-state index contributed by atoms with van der Waals surface area (Å²) in [5.74, 6) is 0. The number of fused-ring (bicyclic) bond motifs is 1. The second kappa shape index (κ2) is 6.34. The first kappa shape index (κ1) is 15.4. The predicted octanol–water partition coefficient (Wildman–Crippen LogP) is 4.05. The van der Waals surface area contributed by atoms with E-state index in [2.05, 4.69) is 48.1 Å². The van der Waals surface area contributed by atoms with Gasteiger partial charge in [0, 0.05) is 18.6 Å². The van der Waals surface area contributed by atoms with Gasteiger partial charge in [0.25, 0.3) is 0 Å². The van der Waals surface area contributed by atoms with Gasteiger partial charge in [0.05, 0.1) is 5.52 Å². The second-order valence-electron chi connectivity index (χ2n) is 5.57. The monoisotopic (exact) mass is 307 g/mol. The zero-order valence-electron chi connectivity index (χ0n) is 13.6. The summed E-state index contributed by atoms with van der Waals surface area (Å²) >= 11 is 0. The Labute approximate surface area is 136 Å². The highest BCUT2D eigenvalue weighted by Crippen LogP contribution is 2.34. The van der Waals surface area contributed by atoms with Crippen LogP contribution in [0.4, 0.5) is 0 Å². The Morgan fingerprint density at radius 2 is 1.91 bits per heavy atom. The molecule has 1 aromatic heterocycles. The third kappa shape index (κ3) is 2.66. The van der Waals surface area contributed by atoms with Crippen molar-refractivity contribution in [3.63, 3.8) is 0 Å². The minimum atomic E-state index is -0.736. The number of ether oxygens (including phenoxy) is 1. The lowest BCUT2D eigenvalue weighted by molar-refractivity contribution is -0.0727. The highest BCUT2D eigenvalue weighted by molar-refractivity contribution is 5.74. The molecule has 0 saturated heterocycles. The summed E-state index contributed by atoms with van der Waals surface area (Å²) in [5, 5.41) is 8.69. The van der Waals surface area contributed by atoms with Crippen molar-refractivity contribution in [1.82, 2.24) is 15.0 Å². The molecule has 0 bridgehead atoms. The Bertz CT molecular complexity index is 807. The topological polar surface area (TPSA) is 39.9 Å². The Morgan fingerprint density at radius 1 is 1.17 bits per heavy atom. The van der Waals surface area contributed by atoms with Crippen LogP contribution in [0.3, 0.4) is 0 Å². The molecule has 0 amide bonds. The fourth-order valence-corrected chi connectivity index (χ4v) is 2.91. The first-order valence-electron chi connectivity index (χ1n) is 7.84. The Kier molecular flexibility index (Phi) is 4.26. The molecule has 0 aliphatic carbocycles. The first-order valence-corrected chi connectivity index (χ1v) is 7.84. The van der Waals surface area contributed by atoms with E-state index in [-0.39, 0.29) is 0 Å². The molecule has 0 saturated carbocycles. The Balaban J connectivity index is 2.25. The van der Waals surface area contributed by atoms with E-state index in [4.69, 9.17) is 4.74 Å². The van der Waals surface area contributed by atoms with E-state index >= 15 is 0 Å². The van der Waals surface area contributed by atoms with Gasteiger partial charge in [-0.3, -0.25) is 0 Å². The van der Waals surface area contributed by atoms with Crippen LogP contribution in [-0.2, 0) is 10.5 Å². The number of hydrogen-bond acceptors (Lipinski definition) is 3. The van der Waals surface area contributed by atoms with Gasteiger partial charge in [0.1, 0.15) is 5.52 Å². The molecule has 4 heteroatoms. The summed E-state index contributed by atoms with van der Waals surface area (Å²) in [6, 6.07) is 16.3. The molecule has 0 aliphatic rings. The minimum absolute atomic E-state index is 0.565. The van der Waals surface area contributed by atoms with E-state index < -0.39 is 5.72 Å². The van der Waals surface area contributed by atoms with Crippen molar-refractivity contribution in [3.05, 3.63) is 72.3 Å². The number of benzene rings is 2. The molecule has 3 rings (SSSR count). The standard InChI is InChI=1S/C19H21N3O/c1-4-14-19(23-5-2,16-12-10-15(3)11-13-16)22-18-9-7-6-8-17(18)20-21-22/h4,6-13H,1,5,14H2,2-3H3. The third-order valence-electron chi connectivity index (χ3n) is 4.00. The number of para-hydroxylation sites is 1. The molecule has 118 valence electrons. The van der Waals surface area contributed by atoms with Crippen molar-refractivity contribution in [2.45, 2.75) is 26.0 Å². The van der Waals surface area contributed by atoms with Gasteiger partial charge in [-0.2, -0.15) is 0 Å². The molecule has 2 aromatic carbocycles. The van der Waals surface area contributed by atoms with Crippen LogP contribution in [0.1, 0.15) is 24.5 Å². The van der Waals surface area contributed by atoms with Gasteiger partial charge >= 0.3 is 0 Å². The average molecular weight is 307 g/mol. The van der Waals surface area contributed by atoms with Crippen LogP contribution in [0.5, 0.6) is 0 Å². The van der Waals surface area contributed by atoms with E-state index in [0.29, 0.717) is 13.0 Å². The van der Waals surface area contributed by atoms with Crippen LogP contribution in [0.15, 0.2) is 61.2 Å². The number of rotatable bonds is 6. The number of aryl methyl sites for hydroxylation is 1. The maximum atomic E-state index is 6.24. The van der Waals surface area contributed by atoms with Crippen LogP contribution in [0, 0.1) is 6.92 Å². The fourth-order valence-electron chi connectivity index (χ4n) is 2.91. The lowest BCUT2D eigenvalue weighted by Gasteiger charge is -2.33. The van der Waals surface area contributed by atoms with Crippen LogP contribution in [0.2, 0.25) is 0 Å². The summed E-state index contributed by atoms with van der Waals surface area (Å²) in [6.45, 7) is 8.55. The molecule has 0 spiro atoms. The highest BCUT2D eigenvalue weighted by Gasteiger charge is 2.36. The van der Waals surface area contributed by atoms with E-state index in [1.807, 2.05) is 41.9 Å². The van der Waals surface area contributed by atoms with Crippen LogP contribution >= 0.6 is 0 Å². The number of hydrogen-bond donors (Lipinski definition) is 0. The molecule has 3 aromatic rings. The predicted molar refractivity (Wildman–Crippen MR) is 92.2 cm³/mol. The van der Waals surface area contributed by atoms with Gasteiger partial charge in [-0.05, 0) is 26.0 Å². The second-order valence-corrected chi connectivity index (χ2v) is 5.57. The summed E-state index contributed by atoms with van der Waals surface area (Å²) in [7, 11) is 0. The smallest absolute Gasteiger partial charge is 0.192 e. The van der Waals surface area contributed by atoms with Gasteiger partial charge in [-0.15, -0.1) is 11.7 Å². The molecule has 1 heterocycles. The normalized spacial score (nSPS) is 13.8. The van der Waals surface area contributed by atoms with Crippen molar-refractivity contribution in [2.75, 3.05) is 6.61 Å². The quantitative estimate of drug-likeness (QED) is 0.645. The van der Waals surface area contributed by atoms with Crippen LogP contribution in [-0.4, -0.2) is 21.6 Å². The lowest BCUT2D eigenvalue weighted by atomic mass is 9.97. The van der Waals surface area contributed by atoms with E-state index in [9.17, 15) is 0 Å². The molecule has 0 aliphatic heterocycles. The summed E-state index contributed by atoms with van der Waals surface area (Å²) in [4.78, 5) is 0. The SMILES string of the molecule is C=CCC(OCC)(c1ccc(C)cc1)n1nnc2ccccc21. The van der Waals surface area contributed by atoms with Gasteiger partial charge in [-0.25, -0.2) is 4.68 Å². The van der Waals surface area contributed by atoms with Crippen molar-refractivity contribution < 1.29 is 4.74 Å². The molecular formula is C19H21N3O. The lowest BCUT2D eigenvalue weighted by Crippen LogP contribution is -2.38. The zero-order chi connectivity index (χ0) is 16.3. The van der Waals surface area contributed by atoms with Gasteiger partial charge in [0.2, 0.25) is 0 Å². The Morgan fingerprint density at radius 3 is 2.61 bits per heavy atom. The first-order chi connectivity index (χ1) is 11.2. The number of nitrogens with zero attached hydrogens (tertiary/aromatic N) is 3. The third-order valence-corrected chi connectivity index (χ3v) is 4.00. The highest BCUT2D eigenvalue weighted by atomic mass is 16.5. The molecule has 1 atom stereocenters. The van der Waals surface area contributed by atoms with Crippen molar-refractivity contribution >= 4 is 11.0 Å². The Hall–Kier alpha value is -2.46. The maximum Gasteiger partial charge on any atom is 0.192 e. The summed E-state index contributed by atoms with van der Waals surface area (Å²) in [5.41, 5.74) is 3.32. The fraction of sp³-hybridized carbons (Fsp3) is 0.263. The van der Waals surface area contributed by atoms with Gasteiger partial charge in [-0.1, -0.05) is 53.3 Å². The van der Waals surface area contributed by atoms with Gasteiger partial charge < -0.3 is 4.74 Å². The van der Waals surface area contributed by atoms with Crippen molar-refractivity contribution in [1.29, 1.82) is 0 Å². The molecule has 1 unspecified atom stereocenters. The van der Waals surface area contributed by atoms with Crippen molar-refractivity contribution in [2.24, 2.45) is 0 Å². The average Bonchev–Trinajstić information content (AvgIpc) is 3.00. The van der Waals surface area contributed by atoms with Crippen LogP contribution < -0.4 is 0 Å². The molecule has 0 fully saturated rings. The van der Waals surface area contributed by atoms with Crippen molar-refractivity contribution in [3.8, 4) is 0 Å². The molecule has 0 N–H and O–H groups in total. The summed E-state index contributed by atoms with van der Waals surface area (Å²) < 4.78 is 8.11. The van der Waals surface area contributed by atoms with E-state index in [1.165, 1.54) is 5.56 Å². The molecule has 0 radical (unpaired) electrons. The van der Waals surface area contributed by atoms with E-state index in [1.54, 1.807) is 0 Å². The maximum absolute atomic E-state index is 6.24. The molecule has 4 nitrogen and oxygen atoms in total.